The van der Waals surface area contributed by atoms with Gasteiger partial charge in [0, 0.05) is 19.7 Å². The molecule has 1 unspecified atom stereocenters. The lowest BCUT2D eigenvalue weighted by Gasteiger charge is -2.29. The molecule has 0 spiro atoms. The van der Waals surface area contributed by atoms with Crippen molar-refractivity contribution >= 4 is 11.8 Å². The number of unbranched alkanes of at least 4 members (excludes halogenated alkanes) is 1. The van der Waals surface area contributed by atoms with Crippen molar-refractivity contribution in [2.24, 2.45) is 0 Å². The molecule has 0 saturated carbocycles. The van der Waals surface area contributed by atoms with Gasteiger partial charge in [0.05, 0.1) is 31.9 Å². The van der Waals surface area contributed by atoms with Gasteiger partial charge in [0.2, 0.25) is 11.8 Å². The predicted octanol–water partition coefficient (Wildman–Crippen LogP) is 3.80. The standard InChI is InChI=1S/C24H31FN2O4/c1-2-3-12-26(23(28)15-19-8-10-20(25)11-9-19)18-24(29)27(16-21-6-4-13-30-21)17-22-7-5-14-31-22/h4,6,8-11,13,22H,2-3,5,7,12,14-18H2,1H3. The molecule has 0 bridgehead atoms. The van der Waals surface area contributed by atoms with Gasteiger partial charge < -0.3 is 19.0 Å². The minimum absolute atomic E-state index is 0.00740. The SMILES string of the molecule is CCCCN(CC(=O)N(Cc1ccco1)CC1CCCO1)C(=O)Cc1ccc(F)cc1. The molecule has 0 radical (unpaired) electrons. The van der Waals surface area contributed by atoms with Crippen molar-refractivity contribution in [3.8, 4) is 0 Å². The normalized spacial score (nSPS) is 15.7. The Morgan fingerprint density at radius 2 is 1.94 bits per heavy atom. The lowest BCUT2D eigenvalue weighted by atomic mass is 10.1. The van der Waals surface area contributed by atoms with E-state index in [1.807, 2.05) is 13.0 Å². The van der Waals surface area contributed by atoms with Gasteiger partial charge in [-0.15, -0.1) is 0 Å². The second kappa shape index (κ2) is 11.6. The van der Waals surface area contributed by atoms with Gasteiger partial charge in [0.25, 0.3) is 0 Å². The fourth-order valence-electron chi connectivity index (χ4n) is 3.67. The van der Waals surface area contributed by atoms with Gasteiger partial charge in [-0.2, -0.15) is 0 Å². The molecule has 168 valence electrons. The van der Waals surface area contributed by atoms with Crippen molar-refractivity contribution in [2.45, 2.75) is 51.7 Å². The average Bonchev–Trinajstić information content (AvgIpc) is 3.46. The van der Waals surface area contributed by atoms with Crippen LogP contribution in [0.4, 0.5) is 4.39 Å². The fraction of sp³-hybridized carbons (Fsp3) is 0.500. The summed E-state index contributed by atoms with van der Waals surface area (Å²) in [5.41, 5.74) is 0.729. The zero-order chi connectivity index (χ0) is 22.1. The Morgan fingerprint density at radius 1 is 1.13 bits per heavy atom. The Hall–Kier alpha value is -2.67. The molecule has 1 saturated heterocycles. The Morgan fingerprint density at radius 3 is 2.58 bits per heavy atom. The molecule has 2 aromatic rings. The van der Waals surface area contributed by atoms with Crippen molar-refractivity contribution in [2.75, 3.05) is 26.2 Å². The summed E-state index contributed by atoms with van der Waals surface area (Å²) in [7, 11) is 0. The number of furan rings is 1. The Kier molecular flexibility index (Phi) is 8.64. The largest absolute Gasteiger partial charge is 0.467 e. The highest BCUT2D eigenvalue weighted by atomic mass is 19.1. The number of benzene rings is 1. The minimum Gasteiger partial charge on any atom is -0.467 e. The van der Waals surface area contributed by atoms with Crippen LogP contribution in [0.25, 0.3) is 0 Å². The van der Waals surface area contributed by atoms with E-state index in [-0.39, 0.29) is 36.7 Å². The highest BCUT2D eigenvalue weighted by Gasteiger charge is 2.26. The van der Waals surface area contributed by atoms with Gasteiger partial charge in [-0.05, 0) is 49.1 Å². The first-order chi connectivity index (χ1) is 15.0. The summed E-state index contributed by atoms with van der Waals surface area (Å²) < 4.78 is 24.3. The Bertz CT molecular complexity index is 817. The molecule has 1 fully saturated rings. The lowest BCUT2D eigenvalue weighted by molar-refractivity contribution is -0.141. The van der Waals surface area contributed by atoms with Crippen LogP contribution >= 0.6 is 0 Å². The van der Waals surface area contributed by atoms with Crippen LogP contribution in [0.2, 0.25) is 0 Å². The Labute approximate surface area is 183 Å². The monoisotopic (exact) mass is 430 g/mol. The number of hydrogen-bond acceptors (Lipinski definition) is 4. The van der Waals surface area contributed by atoms with E-state index in [0.29, 0.717) is 32.0 Å². The van der Waals surface area contributed by atoms with E-state index in [2.05, 4.69) is 0 Å². The van der Waals surface area contributed by atoms with Gasteiger partial charge >= 0.3 is 0 Å². The quantitative estimate of drug-likeness (QED) is 0.544. The molecule has 1 atom stereocenters. The number of ether oxygens (including phenoxy) is 1. The number of hydrogen-bond donors (Lipinski definition) is 0. The third-order valence-electron chi connectivity index (χ3n) is 5.46. The molecule has 7 heteroatoms. The minimum atomic E-state index is -0.336. The predicted molar refractivity (Wildman–Crippen MR) is 115 cm³/mol. The average molecular weight is 431 g/mol. The second-order valence-corrected chi connectivity index (χ2v) is 7.96. The van der Waals surface area contributed by atoms with Crippen molar-refractivity contribution < 1.29 is 23.1 Å². The number of rotatable bonds is 11. The molecule has 1 aromatic carbocycles. The maximum atomic E-state index is 13.2. The first-order valence-corrected chi connectivity index (χ1v) is 11.0. The molecule has 0 aliphatic carbocycles. The van der Waals surface area contributed by atoms with Crippen LogP contribution in [0.1, 0.15) is 43.9 Å². The highest BCUT2D eigenvalue weighted by molar-refractivity contribution is 5.86. The van der Waals surface area contributed by atoms with E-state index >= 15 is 0 Å². The van der Waals surface area contributed by atoms with Gasteiger partial charge in [0.1, 0.15) is 11.6 Å². The van der Waals surface area contributed by atoms with Gasteiger partial charge in [-0.25, -0.2) is 4.39 Å². The third-order valence-corrected chi connectivity index (χ3v) is 5.46. The summed E-state index contributed by atoms with van der Waals surface area (Å²) in [6, 6.07) is 9.53. The number of carbonyl (C=O) groups excluding carboxylic acids is 2. The molecular weight excluding hydrogens is 399 g/mol. The summed E-state index contributed by atoms with van der Waals surface area (Å²) in [6.45, 7) is 4.11. The molecule has 1 aliphatic rings. The number of halogens is 1. The lowest BCUT2D eigenvalue weighted by Crippen LogP contribution is -2.45. The second-order valence-electron chi connectivity index (χ2n) is 7.96. The van der Waals surface area contributed by atoms with Crippen molar-refractivity contribution in [3.05, 3.63) is 59.8 Å². The topological polar surface area (TPSA) is 63.0 Å². The van der Waals surface area contributed by atoms with Crippen molar-refractivity contribution in [1.82, 2.24) is 9.80 Å². The molecule has 6 nitrogen and oxygen atoms in total. The van der Waals surface area contributed by atoms with E-state index in [1.54, 1.807) is 34.3 Å². The molecule has 1 aromatic heterocycles. The summed E-state index contributed by atoms with van der Waals surface area (Å²) in [4.78, 5) is 29.5. The molecule has 3 rings (SSSR count). The maximum Gasteiger partial charge on any atom is 0.242 e. The summed E-state index contributed by atoms with van der Waals surface area (Å²) in [5, 5.41) is 0. The smallest absolute Gasteiger partial charge is 0.242 e. The van der Waals surface area contributed by atoms with Crippen LogP contribution in [-0.4, -0.2) is 54.0 Å². The van der Waals surface area contributed by atoms with Crippen LogP contribution in [0, 0.1) is 5.82 Å². The fourth-order valence-corrected chi connectivity index (χ4v) is 3.67. The molecule has 0 N–H and O–H groups in total. The van der Waals surface area contributed by atoms with Crippen LogP contribution in [-0.2, 0) is 27.3 Å². The molecule has 31 heavy (non-hydrogen) atoms. The zero-order valence-corrected chi connectivity index (χ0v) is 18.1. The number of carbonyl (C=O) groups is 2. The van der Waals surface area contributed by atoms with E-state index < -0.39 is 0 Å². The first kappa shape index (κ1) is 23.0. The summed E-state index contributed by atoms with van der Waals surface area (Å²) >= 11 is 0. The zero-order valence-electron chi connectivity index (χ0n) is 18.1. The van der Waals surface area contributed by atoms with Gasteiger partial charge in [0.15, 0.2) is 0 Å². The summed E-state index contributed by atoms with van der Waals surface area (Å²) in [6.07, 6.45) is 5.38. The third kappa shape index (κ3) is 7.21. The molecular formula is C24H31FN2O4. The van der Waals surface area contributed by atoms with Crippen molar-refractivity contribution in [3.63, 3.8) is 0 Å². The molecule has 1 aliphatic heterocycles. The van der Waals surface area contributed by atoms with Crippen LogP contribution in [0.5, 0.6) is 0 Å². The van der Waals surface area contributed by atoms with Crippen LogP contribution < -0.4 is 0 Å². The highest BCUT2D eigenvalue weighted by Crippen LogP contribution is 2.16. The molecule has 2 heterocycles. The molecule has 2 amide bonds. The van der Waals surface area contributed by atoms with Gasteiger partial charge in [-0.1, -0.05) is 25.5 Å². The van der Waals surface area contributed by atoms with E-state index in [4.69, 9.17) is 9.15 Å². The van der Waals surface area contributed by atoms with Gasteiger partial charge in [-0.3, -0.25) is 9.59 Å². The maximum absolute atomic E-state index is 13.2. The van der Waals surface area contributed by atoms with Crippen molar-refractivity contribution in [1.29, 1.82) is 0 Å². The van der Waals surface area contributed by atoms with Crippen LogP contribution in [0.3, 0.4) is 0 Å². The van der Waals surface area contributed by atoms with Crippen LogP contribution in [0.15, 0.2) is 47.1 Å². The summed E-state index contributed by atoms with van der Waals surface area (Å²) in [5.74, 6) is 0.0972. The number of amides is 2. The number of nitrogens with zero attached hydrogens (tertiary/aromatic N) is 2. The Balaban J connectivity index is 1.67. The van der Waals surface area contributed by atoms with E-state index in [1.165, 1.54) is 12.1 Å². The van der Waals surface area contributed by atoms with E-state index in [9.17, 15) is 14.0 Å². The van der Waals surface area contributed by atoms with E-state index in [0.717, 1.165) is 31.2 Å². The first-order valence-electron chi connectivity index (χ1n) is 11.0.